The molecule has 0 fully saturated rings. The zero-order valence-corrected chi connectivity index (χ0v) is 9.76. The fourth-order valence-corrected chi connectivity index (χ4v) is 2.01. The Morgan fingerprint density at radius 1 is 1.59 bits per heavy atom. The molecule has 0 aliphatic rings. The summed E-state index contributed by atoms with van der Waals surface area (Å²) >= 11 is 1.27. The summed E-state index contributed by atoms with van der Waals surface area (Å²) in [5.74, 6) is -0.0160. The van der Waals surface area contributed by atoms with Crippen molar-refractivity contribution in [3.8, 4) is 0 Å². The summed E-state index contributed by atoms with van der Waals surface area (Å²) in [4.78, 5) is 16.3. The van der Waals surface area contributed by atoms with Gasteiger partial charge in [0.2, 0.25) is 0 Å². The van der Waals surface area contributed by atoms with Crippen LogP contribution in [0.25, 0.3) is 0 Å². The lowest BCUT2D eigenvalue weighted by atomic mass is 10.3. The lowest BCUT2D eigenvalue weighted by molar-refractivity contribution is 0.0692. The molecule has 0 radical (unpaired) electrons. The highest BCUT2D eigenvalue weighted by molar-refractivity contribution is 7.98. The summed E-state index contributed by atoms with van der Waals surface area (Å²) < 4.78 is 0. The number of carboxylic acid groups (broad SMARTS) is 1. The number of carboxylic acids is 1. The molecule has 1 N–H and O–H groups in total. The van der Waals surface area contributed by atoms with Crippen molar-refractivity contribution < 1.29 is 9.90 Å². The van der Waals surface area contributed by atoms with Crippen LogP contribution in [0.3, 0.4) is 0 Å². The van der Waals surface area contributed by atoms with Crippen LogP contribution >= 0.6 is 11.8 Å². The number of nitrogens with zero attached hydrogens (tertiary/aromatic N) is 5. The maximum atomic E-state index is 10.9. The number of hydrogen-bond donors (Lipinski definition) is 1. The Kier molecular flexibility index (Phi) is 3.33. The number of pyridine rings is 1. The molecule has 0 aliphatic carbocycles. The van der Waals surface area contributed by atoms with Gasteiger partial charge in [-0.3, -0.25) is 0 Å². The first-order valence-corrected chi connectivity index (χ1v) is 5.69. The minimum absolute atomic E-state index is 0.182. The van der Waals surface area contributed by atoms with Gasteiger partial charge in [0.1, 0.15) is 5.03 Å². The second kappa shape index (κ2) is 4.91. The molecule has 7 nitrogen and oxygen atoms in total. The van der Waals surface area contributed by atoms with Crippen molar-refractivity contribution in [1.29, 1.82) is 0 Å². The van der Waals surface area contributed by atoms with Gasteiger partial charge in [0.25, 0.3) is 0 Å². The number of aromatic nitrogens is 5. The lowest BCUT2D eigenvalue weighted by Crippen LogP contribution is -2.00. The van der Waals surface area contributed by atoms with Crippen LogP contribution in [0, 0.1) is 0 Å². The molecule has 0 saturated carbocycles. The van der Waals surface area contributed by atoms with Crippen LogP contribution in [0.1, 0.15) is 16.2 Å². The van der Waals surface area contributed by atoms with Gasteiger partial charge in [0.05, 0.1) is 18.4 Å². The average Bonchev–Trinajstić information content (AvgIpc) is 2.73. The predicted octanol–water partition coefficient (Wildman–Crippen LogP) is 0.596. The number of rotatable bonds is 4. The smallest absolute Gasteiger partial charge is 0.338 e. The van der Waals surface area contributed by atoms with Gasteiger partial charge in [-0.15, -0.1) is 10.2 Å². The molecule has 0 unspecified atom stereocenters. The van der Waals surface area contributed by atoms with E-state index in [1.54, 1.807) is 19.3 Å². The van der Waals surface area contributed by atoms with Gasteiger partial charge in [0, 0.05) is 6.20 Å². The van der Waals surface area contributed by atoms with E-state index < -0.39 is 5.97 Å². The van der Waals surface area contributed by atoms with Crippen molar-refractivity contribution in [2.24, 2.45) is 7.05 Å². The zero-order valence-electron chi connectivity index (χ0n) is 8.94. The SMILES string of the molecule is Cn1nnc(CSc2ncccc2C(=O)O)n1. The van der Waals surface area contributed by atoms with Crippen molar-refractivity contribution in [3.05, 3.63) is 29.7 Å². The van der Waals surface area contributed by atoms with Gasteiger partial charge >= 0.3 is 5.97 Å². The Morgan fingerprint density at radius 3 is 3.06 bits per heavy atom. The van der Waals surface area contributed by atoms with Crippen LogP contribution in [0.4, 0.5) is 0 Å². The molecule has 2 aromatic rings. The van der Waals surface area contributed by atoms with Gasteiger partial charge < -0.3 is 5.11 Å². The molecule has 0 aromatic carbocycles. The lowest BCUT2D eigenvalue weighted by Gasteiger charge is -2.01. The van der Waals surface area contributed by atoms with Gasteiger partial charge in [0.15, 0.2) is 5.82 Å². The summed E-state index contributed by atoms with van der Waals surface area (Å²) in [7, 11) is 1.67. The Hall–Kier alpha value is -1.96. The molecule has 17 heavy (non-hydrogen) atoms. The minimum Gasteiger partial charge on any atom is -0.478 e. The van der Waals surface area contributed by atoms with E-state index >= 15 is 0 Å². The number of tetrazole rings is 1. The van der Waals surface area contributed by atoms with Crippen LogP contribution in [-0.4, -0.2) is 36.3 Å². The second-order valence-corrected chi connectivity index (χ2v) is 4.11. The average molecular weight is 251 g/mol. The number of aryl methyl sites for hydroxylation is 1. The molecule has 0 spiro atoms. The summed E-state index contributed by atoms with van der Waals surface area (Å²) in [5, 5.41) is 20.9. The molecule has 8 heteroatoms. The third-order valence-electron chi connectivity index (χ3n) is 1.89. The molecule has 0 amide bonds. The van der Waals surface area contributed by atoms with E-state index in [2.05, 4.69) is 20.4 Å². The van der Waals surface area contributed by atoms with E-state index in [0.29, 0.717) is 16.6 Å². The fourth-order valence-electron chi connectivity index (χ4n) is 1.18. The standard InChI is InChI=1S/C9H9N5O2S/c1-14-12-7(11-13-14)5-17-8-6(9(15)16)3-2-4-10-8/h2-4H,5H2,1H3,(H,15,16). The van der Waals surface area contributed by atoms with Crippen molar-refractivity contribution in [3.63, 3.8) is 0 Å². The number of hydrogen-bond acceptors (Lipinski definition) is 6. The Balaban J connectivity index is 2.11. The molecule has 0 aliphatic heterocycles. The summed E-state index contributed by atoms with van der Waals surface area (Å²) in [6.07, 6.45) is 1.55. The number of aromatic carboxylic acids is 1. The van der Waals surface area contributed by atoms with Crippen LogP contribution in [0.2, 0.25) is 0 Å². The zero-order chi connectivity index (χ0) is 12.3. The summed E-state index contributed by atoms with van der Waals surface area (Å²) in [6, 6.07) is 3.11. The largest absolute Gasteiger partial charge is 0.478 e. The topological polar surface area (TPSA) is 93.8 Å². The van der Waals surface area contributed by atoms with E-state index in [4.69, 9.17) is 5.11 Å². The maximum absolute atomic E-state index is 10.9. The fraction of sp³-hybridized carbons (Fsp3) is 0.222. The molecular formula is C9H9N5O2S. The molecule has 0 bridgehead atoms. The molecular weight excluding hydrogens is 242 g/mol. The van der Waals surface area contributed by atoms with E-state index in [1.165, 1.54) is 22.6 Å². The van der Waals surface area contributed by atoms with Crippen LogP contribution < -0.4 is 0 Å². The molecule has 0 saturated heterocycles. The number of thioether (sulfide) groups is 1. The predicted molar refractivity (Wildman–Crippen MR) is 59.6 cm³/mol. The van der Waals surface area contributed by atoms with E-state index in [1.807, 2.05) is 0 Å². The molecule has 2 heterocycles. The Bertz CT molecular complexity index is 542. The first-order valence-electron chi connectivity index (χ1n) is 4.71. The monoisotopic (exact) mass is 251 g/mol. The molecule has 2 rings (SSSR count). The van der Waals surface area contributed by atoms with E-state index in [0.717, 1.165) is 0 Å². The molecule has 88 valence electrons. The van der Waals surface area contributed by atoms with Gasteiger partial charge in [-0.2, -0.15) is 4.80 Å². The van der Waals surface area contributed by atoms with E-state index in [9.17, 15) is 4.79 Å². The van der Waals surface area contributed by atoms with Crippen molar-refractivity contribution in [2.45, 2.75) is 10.8 Å². The normalized spacial score (nSPS) is 10.4. The molecule has 0 atom stereocenters. The van der Waals surface area contributed by atoms with Crippen LogP contribution in [0.15, 0.2) is 23.4 Å². The highest BCUT2D eigenvalue weighted by Crippen LogP contribution is 2.22. The first-order chi connectivity index (χ1) is 8.16. The molecule has 2 aromatic heterocycles. The summed E-state index contributed by atoms with van der Waals surface area (Å²) in [6.45, 7) is 0. The number of carbonyl (C=O) groups is 1. The van der Waals surface area contributed by atoms with Crippen LogP contribution in [-0.2, 0) is 12.8 Å². The summed E-state index contributed by atoms with van der Waals surface area (Å²) in [5.41, 5.74) is 0.182. The highest BCUT2D eigenvalue weighted by Gasteiger charge is 2.12. The Morgan fingerprint density at radius 2 is 2.41 bits per heavy atom. The first kappa shape index (κ1) is 11.5. The van der Waals surface area contributed by atoms with Crippen molar-refractivity contribution >= 4 is 17.7 Å². The third-order valence-corrected chi connectivity index (χ3v) is 2.89. The van der Waals surface area contributed by atoms with Gasteiger partial charge in [-0.1, -0.05) is 11.8 Å². The highest BCUT2D eigenvalue weighted by atomic mass is 32.2. The maximum Gasteiger partial charge on any atom is 0.338 e. The van der Waals surface area contributed by atoms with E-state index in [-0.39, 0.29) is 5.56 Å². The van der Waals surface area contributed by atoms with Gasteiger partial charge in [-0.05, 0) is 17.3 Å². The van der Waals surface area contributed by atoms with Crippen LogP contribution in [0.5, 0.6) is 0 Å². The third kappa shape index (κ3) is 2.78. The van der Waals surface area contributed by atoms with Crippen molar-refractivity contribution in [2.75, 3.05) is 0 Å². The quantitative estimate of drug-likeness (QED) is 0.795. The van der Waals surface area contributed by atoms with Crippen molar-refractivity contribution in [1.82, 2.24) is 25.2 Å². The Labute approximate surface area is 101 Å². The second-order valence-electron chi connectivity index (χ2n) is 3.15. The van der Waals surface area contributed by atoms with Gasteiger partial charge in [-0.25, -0.2) is 9.78 Å². The minimum atomic E-state index is -0.993.